The van der Waals surface area contributed by atoms with Gasteiger partial charge in [-0.15, -0.1) is 0 Å². The number of fused-ring (bicyclic) bond motifs is 1. The molecule has 3 rings (SSSR count). The molecule has 1 aliphatic carbocycles. The number of carbonyl (C=O) groups is 1. The number of hydrogen-bond acceptors (Lipinski definition) is 4. The Kier molecular flexibility index (Phi) is 5.28. The van der Waals surface area contributed by atoms with Gasteiger partial charge in [0.15, 0.2) is 0 Å². The Morgan fingerprint density at radius 1 is 1.31 bits per heavy atom. The predicted octanol–water partition coefficient (Wildman–Crippen LogP) is 1.86. The molecular formula is C17H23N5O3S. The molecule has 0 aliphatic heterocycles. The van der Waals surface area contributed by atoms with Crippen LogP contribution in [0.4, 0.5) is 10.5 Å². The van der Waals surface area contributed by atoms with E-state index in [0.29, 0.717) is 12.2 Å². The summed E-state index contributed by atoms with van der Waals surface area (Å²) in [6, 6.07) is 5.81. The average molecular weight is 377 g/mol. The third-order valence-corrected chi connectivity index (χ3v) is 5.95. The maximum atomic E-state index is 12.4. The van der Waals surface area contributed by atoms with E-state index in [2.05, 4.69) is 20.2 Å². The quantitative estimate of drug-likeness (QED) is 0.739. The minimum Gasteiger partial charge on any atom is -0.322 e. The zero-order valence-corrected chi connectivity index (χ0v) is 15.7. The Morgan fingerprint density at radius 3 is 2.85 bits per heavy atom. The lowest BCUT2D eigenvalue weighted by Gasteiger charge is -2.19. The largest absolute Gasteiger partial charge is 0.322 e. The van der Waals surface area contributed by atoms with E-state index in [4.69, 9.17) is 0 Å². The summed E-state index contributed by atoms with van der Waals surface area (Å²) in [7, 11) is -0.523. The second-order valence-corrected chi connectivity index (χ2v) is 8.24. The first-order valence-electron chi connectivity index (χ1n) is 8.51. The summed E-state index contributed by atoms with van der Waals surface area (Å²) >= 11 is 0. The molecule has 1 aliphatic rings. The number of hydrogen-bond donors (Lipinski definition) is 3. The SMILES string of the molecule is CNS(=O)(=O)c1cccc(NC(=O)N(C)Cc2n[nH]c3c2CCCC3)c1. The van der Waals surface area contributed by atoms with Gasteiger partial charge in [0.25, 0.3) is 0 Å². The van der Waals surface area contributed by atoms with Gasteiger partial charge in [0, 0.05) is 18.4 Å². The number of amides is 2. The van der Waals surface area contributed by atoms with E-state index in [-0.39, 0.29) is 10.9 Å². The molecule has 2 aromatic rings. The van der Waals surface area contributed by atoms with Crippen LogP contribution in [-0.4, -0.2) is 43.6 Å². The summed E-state index contributed by atoms with van der Waals surface area (Å²) in [4.78, 5) is 14.1. The number of urea groups is 1. The molecule has 2 amide bonds. The minimum absolute atomic E-state index is 0.0989. The fourth-order valence-electron chi connectivity index (χ4n) is 3.05. The van der Waals surface area contributed by atoms with E-state index in [1.54, 1.807) is 19.2 Å². The Labute approximate surface area is 153 Å². The summed E-state index contributed by atoms with van der Waals surface area (Å²) in [6.07, 6.45) is 4.30. The van der Waals surface area contributed by atoms with Crippen molar-refractivity contribution >= 4 is 21.7 Å². The van der Waals surface area contributed by atoms with Crippen molar-refractivity contribution < 1.29 is 13.2 Å². The molecule has 140 valence electrons. The molecule has 0 saturated carbocycles. The van der Waals surface area contributed by atoms with Gasteiger partial charge in [-0.1, -0.05) is 6.07 Å². The third-order valence-electron chi connectivity index (χ3n) is 4.54. The lowest BCUT2D eigenvalue weighted by molar-refractivity contribution is 0.220. The van der Waals surface area contributed by atoms with Crippen molar-refractivity contribution in [3.8, 4) is 0 Å². The van der Waals surface area contributed by atoms with Crippen molar-refractivity contribution in [3.63, 3.8) is 0 Å². The van der Waals surface area contributed by atoms with Gasteiger partial charge < -0.3 is 10.2 Å². The zero-order chi connectivity index (χ0) is 18.7. The molecule has 0 unspecified atom stereocenters. The topological polar surface area (TPSA) is 107 Å². The number of aromatic amines is 1. The first kappa shape index (κ1) is 18.4. The van der Waals surface area contributed by atoms with Crippen LogP contribution in [0.3, 0.4) is 0 Å². The number of aromatic nitrogens is 2. The predicted molar refractivity (Wildman–Crippen MR) is 98.4 cm³/mol. The van der Waals surface area contributed by atoms with Crippen molar-refractivity contribution in [2.24, 2.45) is 0 Å². The second-order valence-electron chi connectivity index (χ2n) is 6.36. The van der Waals surface area contributed by atoms with E-state index in [0.717, 1.165) is 31.4 Å². The van der Waals surface area contributed by atoms with Gasteiger partial charge in [-0.2, -0.15) is 5.10 Å². The molecular weight excluding hydrogens is 354 g/mol. The Balaban J connectivity index is 1.68. The molecule has 0 spiro atoms. The first-order chi connectivity index (χ1) is 12.4. The lowest BCUT2D eigenvalue weighted by Crippen LogP contribution is -2.31. The van der Waals surface area contributed by atoms with Crippen molar-refractivity contribution in [2.75, 3.05) is 19.4 Å². The van der Waals surface area contributed by atoms with Crippen LogP contribution < -0.4 is 10.0 Å². The Hall–Kier alpha value is -2.39. The van der Waals surface area contributed by atoms with Crippen LogP contribution in [0.1, 0.15) is 29.8 Å². The molecule has 0 radical (unpaired) electrons. The molecule has 0 atom stereocenters. The van der Waals surface area contributed by atoms with Crippen LogP contribution in [0.25, 0.3) is 0 Å². The van der Waals surface area contributed by atoms with E-state index < -0.39 is 10.0 Å². The van der Waals surface area contributed by atoms with Gasteiger partial charge in [0.1, 0.15) is 0 Å². The molecule has 26 heavy (non-hydrogen) atoms. The van der Waals surface area contributed by atoms with Gasteiger partial charge >= 0.3 is 6.03 Å². The van der Waals surface area contributed by atoms with Crippen molar-refractivity contribution in [2.45, 2.75) is 37.1 Å². The van der Waals surface area contributed by atoms with Gasteiger partial charge in [0.05, 0.1) is 17.1 Å². The van der Waals surface area contributed by atoms with E-state index in [1.807, 2.05) is 0 Å². The molecule has 9 heteroatoms. The van der Waals surface area contributed by atoms with Gasteiger partial charge in [0.2, 0.25) is 10.0 Å². The Bertz CT molecular complexity index is 907. The molecule has 1 aromatic carbocycles. The number of sulfonamides is 1. The molecule has 0 bridgehead atoms. The fraction of sp³-hybridized carbons (Fsp3) is 0.412. The van der Waals surface area contributed by atoms with Crippen LogP contribution in [0, 0.1) is 0 Å². The monoisotopic (exact) mass is 377 g/mol. The molecule has 3 N–H and O–H groups in total. The maximum absolute atomic E-state index is 12.4. The van der Waals surface area contributed by atoms with Gasteiger partial charge in [-0.25, -0.2) is 17.9 Å². The van der Waals surface area contributed by atoms with Gasteiger partial charge in [-0.3, -0.25) is 5.10 Å². The highest BCUT2D eigenvalue weighted by atomic mass is 32.2. The molecule has 0 fully saturated rings. The minimum atomic E-state index is -3.56. The summed E-state index contributed by atoms with van der Waals surface area (Å²) in [6.45, 7) is 0.395. The normalized spacial score (nSPS) is 13.9. The van der Waals surface area contributed by atoms with Crippen molar-refractivity contribution in [3.05, 3.63) is 41.2 Å². The summed E-state index contributed by atoms with van der Waals surface area (Å²) in [5.74, 6) is 0. The number of rotatable bonds is 5. The maximum Gasteiger partial charge on any atom is 0.321 e. The highest BCUT2D eigenvalue weighted by Crippen LogP contribution is 2.23. The van der Waals surface area contributed by atoms with E-state index in [1.165, 1.54) is 35.3 Å². The van der Waals surface area contributed by atoms with Gasteiger partial charge in [-0.05, 0) is 56.5 Å². The smallest absolute Gasteiger partial charge is 0.321 e. The molecule has 8 nitrogen and oxygen atoms in total. The van der Waals surface area contributed by atoms with Crippen molar-refractivity contribution in [1.82, 2.24) is 19.8 Å². The van der Waals surface area contributed by atoms with E-state index >= 15 is 0 Å². The lowest BCUT2D eigenvalue weighted by atomic mass is 9.96. The van der Waals surface area contributed by atoms with Crippen LogP contribution >= 0.6 is 0 Å². The number of nitrogens with one attached hydrogen (secondary N) is 3. The molecule has 0 saturated heterocycles. The first-order valence-corrected chi connectivity index (χ1v) is 10.00. The summed E-state index contributed by atoms with van der Waals surface area (Å²) in [5, 5.41) is 10.1. The highest BCUT2D eigenvalue weighted by molar-refractivity contribution is 7.89. The van der Waals surface area contributed by atoms with Crippen LogP contribution in [0.15, 0.2) is 29.2 Å². The second kappa shape index (κ2) is 7.46. The van der Waals surface area contributed by atoms with E-state index in [9.17, 15) is 13.2 Å². The Morgan fingerprint density at radius 2 is 2.08 bits per heavy atom. The summed E-state index contributed by atoms with van der Waals surface area (Å²) < 4.78 is 26.0. The molecule has 1 heterocycles. The number of nitrogens with zero attached hydrogens (tertiary/aromatic N) is 2. The zero-order valence-electron chi connectivity index (χ0n) is 14.9. The standard InChI is InChI=1S/C17H23N5O3S/c1-18-26(24,25)13-7-5-6-12(10-13)19-17(23)22(2)11-16-14-8-3-4-9-15(14)20-21-16/h5-7,10,18H,3-4,8-9,11H2,1-2H3,(H,19,23)(H,20,21). The summed E-state index contributed by atoms with van der Waals surface area (Å²) in [5.41, 5.74) is 3.70. The number of carbonyl (C=O) groups excluding carboxylic acids is 1. The van der Waals surface area contributed by atoms with Crippen molar-refractivity contribution in [1.29, 1.82) is 0 Å². The van der Waals surface area contributed by atoms with Crippen LogP contribution in [0.2, 0.25) is 0 Å². The average Bonchev–Trinajstić information content (AvgIpc) is 3.05. The fourth-order valence-corrected chi connectivity index (χ4v) is 3.83. The third kappa shape index (κ3) is 3.88. The molecule has 1 aromatic heterocycles. The number of aryl methyl sites for hydroxylation is 1. The highest BCUT2D eigenvalue weighted by Gasteiger charge is 2.20. The van der Waals surface area contributed by atoms with Crippen LogP contribution in [0.5, 0.6) is 0 Å². The number of H-pyrrole nitrogens is 1. The number of anilines is 1. The van der Waals surface area contributed by atoms with Crippen LogP contribution in [-0.2, 0) is 29.4 Å². The number of benzene rings is 1.